The molecule has 0 saturated carbocycles. The maximum absolute atomic E-state index is 12.0. The van der Waals surface area contributed by atoms with Crippen LogP contribution in [0.5, 0.6) is 0 Å². The molecule has 1 aromatic heterocycles. The molecule has 3 N–H and O–H groups in total. The highest BCUT2D eigenvalue weighted by molar-refractivity contribution is 6.33. The van der Waals surface area contributed by atoms with Gasteiger partial charge in [0.15, 0.2) is 5.82 Å². The zero-order valence-corrected chi connectivity index (χ0v) is 12.5. The third-order valence-corrected chi connectivity index (χ3v) is 2.94. The van der Waals surface area contributed by atoms with Crippen molar-refractivity contribution in [3.05, 3.63) is 46.3 Å². The summed E-state index contributed by atoms with van der Waals surface area (Å²) in [6.45, 7) is 1.45. The smallest absolute Gasteiger partial charge is 0.255 e. The summed E-state index contributed by atoms with van der Waals surface area (Å²) >= 11 is 11.7. The molecule has 1 atom stereocenters. The summed E-state index contributed by atoms with van der Waals surface area (Å²) in [6, 6.07) is 6.74. The van der Waals surface area contributed by atoms with Gasteiger partial charge in [0.25, 0.3) is 5.91 Å². The number of carbonyl (C=O) groups excluding carboxylic acids is 1. The average Bonchev–Trinajstić information content (AvgIpc) is 2.42. The predicted molar refractivity (Wildman–Crippen MR) is 80.9 cm³/mol. The van der Waals surface area contributed by atoms with E-state index in [1.165, 1.54) is 13.1 Å². The van der Waals surface area contributed by atoms with E-state index in [-0.39, 0.29) is 16.1 Å². The molecule has 1 unspecified atom stereocenters. The number of amides is 1. The molecule has 21 heavy (non-hydrogen) atoms. The van der Waals surface area contributed by atoms with Gasteiger partial charge in [0, 0.05) is 0 Å². The van der Waals surface area contributed by atoms with Crippen molar-refractivity contribution >= 4 is 40.6 Å². The SMILES string of the molecule is CC(O)NC(=O)c1ccccc1Nc1nc(Cl)ncc1Cl. The molecule has 0 radical (unpaired) electrons. The van der Waals surface area contributed by atoms with Crippen LogP contribution in [0.4, 0.5) is 11.5 Å². The van der Waals surface area contributed by atoms with Crippen LogP contribution in [0.15, 0.2) is 30.5 Å². The second-order valence-corrected chi connectivity index (χ2v) is 4.90. The molecule has 2 aromatic rings. The van der Waals surface area contributed by atoms with Crippen molar-refractivity contribution in [1.29, 1.82) is 0 Å². The Kier molecular flexibility index (Phi) is 4.95. The van der Waals surface area contributed by atoms with Crippen LogP contribution in [0.3, 0.4) is 0 Å². The first-order valence-electron chi connectivity index (χ1n) is 6.00. The third-order valence-electron chi connectivity index (χ3n) is 2.48. The summed E-state index contributed by atoms with van der Waals surface area (Å²) < 4.78 is 0. The molecule has 0 bridgehead atoms. The largest absolute Gasteiger partial charge is 0.374 e. The van der Waals surface area contributed by atoms with Crippen LogP contribution in [-0.4, -0.2) is 27.2 Å². The van der Waals surface area contributed by atoms with Crippen LogP contribution in [0.1, 0.15) is 17.3 Å². The summed E-state index contributed by atoms with van der Waals surface area (Å²) in [7, 11) is 0. The van der Waals surface area contributed by atoms with Crippen molar-refractivity contribution < 1.29 is 9.90 Å². The Hall–Kier alpha value is -1.89. The number of aliphatic hydroxyl groups excluding tert-OH is 1. The van der Waals surface area contributed by atoms with Gasteiger partial charge in [-0.25, -0.2) is 4.98 Å². The molecule has 0 aliphatic heterocycles. The number of hydrogen-bond acceptors (Lipinski definition) is 5. The number of carbonyl (C=O) groups is 1. The maximum Gasteiger partial charge on any atom is 0.255 e. The Bertz CT molecular complexity index is 664. The number of nitrogens with zero attached hydrogens (tertiary/aromatic N) is 2. The molecule has 0 saturated heterocycles. The van der Waals surface area contributed by atoms with E-state index in [0.717, 1.165) is 0 Å². The summed E-state index contributed by atoms with van der Waals surface area (Å²) in [6.07, 6.45) is 0.403. The van der Waals surface area contributed by atoms with Crippen molar-refractivity contribution in [2.45, 2.75) is 13.2 Å². The van der Waals surface area contributed by atoms with Crippen molar-refractivity contribution in [3.8, 4) is 0 Å². The number of halogens is 2. The van der Waals surface area contributed by atoms with E-state index >= 15 is 0 Å². The number of aromatic nitrogens is 2. The number of nitrogens with one attached hydrogen (secondary N) is 2. The molecule has 8 heteroatoms. The van der Waals surface area contributed by atoms with Crippen LogP contribution in [-0.2, 0) is 0 Å². The second kappa shape index (κ2) is 6.71. The number of anilines is 2. The molecule has 0 fully saturated rings. The highest BCUT2D eigenvalue weighted by Gasteiger charge is 2.14. The van der Waals surface area contributed by atoms with Gasteiger partial charge in [0.2, 0.25) is 5.28 Å². The normalized spacial score (nSPS) is 11.8. The number of hydrogen-bond donors (Lipinski definition) is 3. The van der Waals surface area contributed by atoms with Crippen LogP contribution in [0.25, 0.3) is 0 Å². The summed E-state index contributed by atoms with van der Waals surface area (Å²) in [5.74, 6) is -0.140. The monoisotopic (exact) mass is 326 g/mol. The number of rotatable bonds is 4. The first-order valence-corrected chi connectivity index (χ1v) is 6.76. The third kappa shape index (κ3) is 4.04. The Morgan fingerprint density at radius 2 is 2.05 bits per heavy atom. The van der Waals surface area contributed by atoms with Gasteiger partial charge >= 0.3 is 0 Å². The van der Waals surface area contributed by atoms with E-state index in [0.29, 0.717) is 11.3 Å². The van der Waals surface area contributed by atoms with Crippen LogP contribution >= 0.6 is 23.2 Å². The fourth-order valence-electron chi connectivity index (χ4n) is 1.62. The van der Waals surface area contributed by atoms with Gasteiger partial charge in [-0.1, -0.05) is 23.7 Å². The minimum absolute atomic E-state index is 0.0350. The zero-order valence-electron chi connectivity index (χ0n) is 11.0. The lowest BCUT2D eigenvalue weighted by Gasteiger charge is -2.13. The van der Waals surface area contributed by atoms with Gasteiger partial charge in [0.1, 0.15) is 11.3 Å². The van der Waals surface area contributed by atoms with Crippen molar-refractivity contribution in [1.82, 2.24) is 15.3 Å². The molecule has 0 spiro atoms. The molecule has 1 heterocycles. The lowest BCUT2D eigenvalue weighted by Crippen LogP contribution is -2.32. The predicted octanol–water partition coefficient (Wildman–Crippen LogP) is 2.60. The van der Waals surface area contributed by atoms with Crippen LogP contribution in [0.2, 0.25) is 10.3 Å². The molecule has 1 amide bonds. The average molecular weight is 327 g/mol. The standard InChI is InChI=1S/C13H12Cl2N4O2/c1-7(20)17-12(21)8-4-2-3-5-10(8)18-11-9(14)6-16-13(15)19-11/h2-7,20H,1H3,(H,17,21)(H,16,18,19). The fraction of sp³-hybridized carbons (Fsp3) is 0.154. The molecular formula is C13H12Cl2N4O2. The Labute approximate surface area is 131 Å². The van der Waals surface area contributed by atoms with Crippen LogP contribution < -0.4 is 10.6 Å². The van der Waals surface area contributed by atoms with E-state index in [1.807, 2.05) is 0 Å². The summed E-state index contributed by atoms with van der Waals surface area (Å²) in [5, 5.41) is 14.9. The summed E-state index contributed by atoms with van der Waals surface area (Å²) in [4.78, 5) is 19.7. The van der Waals surface area contributed by atoms with Gasteiger partial charge in [-0.05, 0) is 30.7 Å². The van der Waals surface area contributed by atoms with E-state index < -0.39 is 12.1 Å². The van der Waals surface area contributed by atoms with E-state index in [1.54, 1.807) is 24.3 Å². The molecule has 6 nitrogen and oxygen atoms in total. The first kappa shape index (κ1) is 15.5. The second-order valence-electron chi connectivity index (χ2n) is 4.16. The Balaban J connectivity index is 2.32. The van der Waals surface area contributed by atoms with Crippen molar-refractivity contribution in [3.63, 3.8) is 0 Å². The highest BCUT2D eigenvalue weighted by Crippen LogP contribution is 2.25. The maximum atomic E-state index is 12.0. The van der Waals surface area contributed by atoms with Gasteiger partial charge < -0.3 is 15.7 Å². The van der Waals surface area contributed by atoms with Gasteiger partial charge in [0.05, 0.1) is 17.4 Å². The number of para-hydroxylation sites is 1. The quantitative estimate of drug-likeness (QED) is 0.593. The lowest BCUT2D eigenvalue weighted by molar-refractivity contribution is 0.0819. The zero-order chi connectivity index (χ0) is 15.4. The molecule has 0 aliphatic rings. The van der Waals surface area contributed by atoms with Gasteiger partial charge in [-0.2, -0.15) is 4.98 Å². The van der Waals surface area contributed by atoms with Gasteiger partial charge in [-0.3, -0.25) is 4.79 Å². The highest BCUT2D eigenvalue weighted by atomic mass is 35.5. The summed E-state index contributed by atoms with van der Waals surface area (Å²) in [5.41, 5.74) is 0.816. The first-order chi connectivity index (χ1) is 9.97. The lowest BCUT2D eigenvalue weighted by atomic mass is 10.1. The van der Waals surface area contributed by atoms with E-state index in [4.69, 9.17) is 23.2 Å². The molecular weight excluding hydrogens is 315 g/mol. The van der Waals surface area contributed by atoms with Gasteiger partial charge in [-0.15, -0.1) is 0 Å². The molecule has 2 rings (SSSR count). The number of aliphatic hydroxyl groups is 1. The topological polar surface area (TPSA) is 87.1 Å². The van der Waals surface area contributed by atoms with E-state index in [2.05, 4.69) is 20.6 Å². The Morgan fingerprint density at radius 3 is 2.76 bits per heavy atom. The molecule has 110 valence electrons. The molecule has 0 aliphatic carbocycles. The number of benzene rings is 1. The minimum atomic E-state index is -0.956. The Morgan fingerprint density at radius 1 is 1.33 bits per heavy atom. The minimum Gasteiger partial charge on any atom is -0.374 e. The van der Waals surface area contributed by atoms with Crippen molar-refractivity contribution in [2.24, 2.45) is 0 Å². The van der Waals surface area contributed by atoms with Crippen molar-refractivity contribution in [2.75, 3.05) is 5.32 Å². The molecule has 1 aromatic carbocycles. The fourth-order valence-corrected chi connectivity index (χ4v) is 1.89. The van der Waals surface area contributed by atoms with Crippen LogP contribution in [0, 0.1) is 0 Å². The van der Waals surface area contributed by atoms with E-state index in [9.17, 15) is 9.90 Å².